The van der Waals surface area contributed by atoms with Gasteiger partial charge in [0.1, 0.15) is 16.7 Å². The summed E-state index contributed by atoms with van der Waals surface area (Å²) in [5.41, 5.74) is 0.124. The fraction of sp³-hybridized carbons (Fsp3) is 0.462. The van der Waals surface area contributed by atoms with Crippen molar-refractivity contribution in [3.05, 3.63) is 36.6 Å². The van der Waals surface area contributed by atoms with Gasteiger partial charge in [-0.15, -0.1) is 11.3 Å². The lowest BCUT2D eigenvalue weighted by Crippen LogP contribution is -2.28. The van der Waals surface area contributed by atoms with Crippen molar-refractivity contribution in [2.45, 2.75) is 38.8 Å². The topological polar surface area (TPSA) is 56.9 Å². The molecule has 21 heavy (non-hydrogen) atoms. The molecular weight excluding hydrogens is 333 g/mol. The predicted octanol–water partition coefficient (Wildman–Crippen LogP) is 3.02. The molecule has 0 spiro atoms. The molecule has 1 aliphatic rings. The molecule has 0 saturated heterocycles. The summed E-state index contributed by atoms with van der Waals surface area (Å²) >= 11 is 12.9. The zero-order chi connectivity index (χ0) is 15.0. The van der Waals surface area contributed by atoms with Gasteiger partial charge in [-0.05, 0) is 18.9 Å². The molecule has 0 fully saturated rings. The molecule has 0 aromatic carbocycles. The first-order valence-electron chi connectivity index (χ1n) is 6.71. The SMILES string of the molecule is O=C(Cn1nc2n(c1=O)CCCCC2)c1cc(Cl)sc1Cl. The van der Waals surface area contributed by atoms with Gasteiger partial charge in [0.05, 0.1) is 9.90 Å². The molecule has 0 amide bonds. The van der Waals surface area contributed by atoms with Crippen molar-refractivity contribution in [2.75, 3.05) is 0 Å². The first kappa shape index (κ1) is 14.8. The number of hydrogen-bond donors (Lipinski definition) is 0. The van der Waals surface area contributed by atoms with E-state index in [0.29, 0.717) is 20.8 Å². The van der Waals surface area contributed by atoms with E-state index >= 15 is 0 Å². The van der Waals surface area contributed by atoms with E-state index in [4.69, 9.17) is 23.2 Å². The zero-order valence-electron chi connectivity index (χ0n) is 11.1. The van der Waals surface area contributed by atoms with Crippen molar-refractivity contribution >= 4 is 40.3 Å². The summed E-state index contributed by atoms with van der Waals surface area (Å²) < 4.78 is 3.70. The third kappa shape index (κ3) is 2.93. The maximum absolute atomic E-state index is 12.3. The lowest BCUT2D eigenvalue weighted by atomic mass is 10.2. The van der Waals surface area contributed by atoms with Crippen molar-refractivity contribution in [3.63, 3.8) is 0 Å². The largest absolute Gasteiger partial charge is 0.346 e. The van der Waals surface area contributed by atoms with Gasteiger partial charge >= 0.3 is 5.69 Å². The molecule has 0 aliphatic carbocycles. The van der Waals surface area contributed by atoms with Crippen molar-refractivity contribution in [2.24, 2.45) is 0 Å². The fourth-order valence-electron chi connectivity index (χ4n) is 2.48. The van der Waals surface area contributed by atoms with Crippen molar-refractivity contribution in [1.82, 2.24) is 14.3 Å². The summed E-state index contributed by atoms with van der Waals surface area (Å²) in [6.07, 6.45) is 3.88. The van der Waals surface area contributed by atoms with Gasteiger partial charge in [0.2, 0.25) is 0 Å². The van der Waals surface area contributed by atoms with Gasteiger partial charge in [-0.2, -0.15) is 5.10 Å². The second-order valence-electron chi connectivity index (χ2n) is 4.98. The number of thiophene rings is 1. The highest BCUT2D eigenvalue weighted by molar-refractivity contribution is 7.20. The second kappa shape index (κ2) is 5.94. The van der Waals surface area contributed by atoms with Crippen LogP contribution >= 0.6 is 34.5 Å². The lowest BCUT2D eigenvalue weighted by molar-refractivity contribution is 0.0966. The minimum atomic E-state index is -0.251. The van der Waals surface area contributed by atoms with E-state index in [1.165, 1.54) is 10.7 Å². The van der Waals surface area contributed by atoms with Crippen LogP contribution in [0, 0.1) is 0 Å². The fourth-order valence-corrected chi connectivity index (χ4v) is 3.98. The van der Waals surface area contributed by atoms with Crippen molar-refractivity contribution < 1.29 is 4.79 Å². The minimum Gasteiger partial charge on any atom is -0.292 e. The Morgan fingerprint density at radius 1 is 1.33 bits per heavy atom. The van der Waals surface area contributed by atoms with Crippen LogP contribution in [0.4, 0.5) is 0 Å². The van der Waals surface area contributed by atoms with Crippen LogP contribution in [-0.4, -0.2) is 20.1 Å². The molecule has 1 aliphatic heterocycles. The predicted molar refractivity (Wildman–Crippen MR) is 82.7 cm³/mol. The van der Waals surface area contributed by atoms with Crippen LogP contribution in [-0.2, 0) is 19.5 Å². The normalized spacial score (nSPS) is 14.8. The van der Waals surface area contributed by atoms with Crippen LogP contribution in [0.25, 0.3) is 0 Å². The van der Waals surface area contributed by atoms with Gasteiger partial charge in [-0.25, -0.2) is 9.48 Å². The van der Waals surface area contributed by atoms with Gasteiger partial charge in [0.15, 0.2) is 5.78 Å². The summed E-state index contributed by atoms with van der Waals surface area (Å²) in [5, 5.41) is 4.29. The molecule has 0 saturated carbocycles. The number of carbonyl (C=O) groups excluding carboxylic acids is 1. The van der Waals surface area contributed by atoms with Crippen LogP contribution in [0.3, 0.4) is 0 Å². The second-order valence-corrected chi connectivity index (χ2v) is 7.27. The number of carbonyl (C=O) groups is 1. The number of aromatic nitrogens is 3. The number of halogens is 2. The summed E-state index contributed by atoms with van der Waals surface area (Å²) in [7, 11) is 0. The summed E-state index contributed by atoms with van der Waals surface area (Å²) in [6.45, 7) is 0.568. The van der Waals surface area contributed by atoms with E-state index in [1.54, 1.807) is 4.57 Å². The smallest absolute Gasteiger partial charge is 0.292 e. The highest BCUT2D eigenvalue weighted by Crippen LogP contribution is 2.31. The molecule has 112 valence electrons. The van der Waals surface area contributed by atoms with E-state index in [1.807, 2.05) is 0 Å². The maximum Gasteiger partial charge on any atom is 0.346 e. The molecule has 2 aromatic rings. The summed E-state index contributed by atoms with van der Waals surface area (Å²) in [4.78, 5) is 24.5. The molecule has 0 bridgehead atoms. The van der Waals surface area contributed by atoms with Gasteiger partial charge in [0, 0.05) is 13.0 Å². The third-order valence-electron chi connectivity index (χ3n) is 3.53. The Labute approximate surface area is 135 Å². The quantitative estimate of drug-likeness (QED) is 0.803. The van der Waals surface area contributed by atoms with Gasteiger partial charge < -0.3 is 0 Å². The number of rotatable bonds is 3. The number of fused-ring (bicyclic) bond motifs is 1. The van der Waals surface area contributed by atoms with E-state index < -0.39 is 0 Å². The average molecular weight is 346 g/mol. The third-order valence-corrected chi connectivity index (χ3v) is 5.02. The first-order valence-corrected chi connectivity index (χ1v) is 8.28. The summed E-state index contributed by atoms with van der Waals surface area (Å²) in [5.74, 6) is 0.512. The number of nitrogens with zero attached hydrogens (tertiary/aromatic N) is 3. The molecule has 3 heterocycles. The van der Waals surface area contributed by atoms with Gasteiger partial charge in [0.25, 0.3) is 0 Å². The van der Waals surface area contributed by atoms with E-state index in [2.05, 4.69) is 5.10 Å². The van der Waals surface area contributed by atoms with Crippen LogP contribution in [0.5, 0.6) is 0 Å². The van der Waals surface area contributed by atoms with E-state index in [-0.39, 0.29) is 18.0 Å². The summed E-state index contributed by atoms with van der Waals surface area (Å²) in [6, 6.07) is 1.53. The lowest BCUT2D eigenvalue weighted by Gasteiger charge is -1.99. The van der Waals surface area contributed by atoms with E-state index in [0.717, 1.165) is 42.8 Å². The highest BCUT2D eigenvalue weighted by atomic mass is 35.5. The van der Waals surface area contributed by atoms with Gasteiger partial charge in [-0.3, -0.25) is 9.36 Å². The zero-order valence-corrected chi connectivity index (χ0v) is 13.5. The Balaban J connectivity index is 1.87. The Morgan fingerprint density at radius 3 is 2.86 bits per heavy atom. The van der Waals surface area contributed by atoms with Crippen molar-refractivity contribution in [1.29, 1.82) is 0 Å². The molecule has 3 rings (SSSR count). The molecule has 2 aromatic heterocycles. The molecule has 0 unspecified atom stereocenters. The number of hydrogen-bond acceptors (Lipinski definition) is 4. The van der Waals surface area contributed by atoms with Crippen LogP contribution < -0.4 is 5.69 Å². The molecule has 0 atom stereocenters. The average Bonchev–Trinajstić information content (AvgIpc) is 2.81. The Hall–Kier alpha value is -1.11. The monoisotopic (exact) mass is 345 g/mol. The number of Topliss-reactive ketones (excluding diaryl/α,β-unsaturated/α-hetero) is 1. The molecule has 5 nitrogen and oxygen atoms in total. The molecule has 0 radical (unpaired) electrons. The van der Waals surface area contributed by atoms with Gasteiger partial charge in [-0.1, -0.05) is 29.6 Å². The first-order chi connectivity index (χ1) is 10.1. The molecule has 8 heteroatoms. The molecule has 0 N–H and O–H groups in total. The standard InChI is InChI=1S/C13H13Cl2N3O2S/c14-10-6-8(12(15)21-10)9(19)7-18-13(20)17-5-3-1-2-4-11(17)16-18/h6H,1-5,7H2. The Morgan fingerprint density at radius 2 is 2.14 bits per heavy atom. The minimum absolute atomic E-state index is 0.106. The maximum atomic E-state index is 12.3. The van der Waals surface area contributed by atoms with E-state index in [9.17, 15) is 9.59 Å². The number of ketones is 1. The Kier molecular flexibility index (Phi) is 4.19. The van der Waals surface area contributed by atoms with Crippen LogP contribution in [0.15, 0.2) is 10.9 Å². The van der Waals surface area contributed by atoms with Crippen molar-refractivity contribution in [3.8, 4) is 0 Å². The van der Waals surface area contributed by atoms with Crippen LogP contribution in [0.2, 0.25) is 8.67 Å². The molecular formula is C13H13Cl2N3O2S. The van der Waals surface area contributed by atoms with Crippen LogP contribution in [0.1, 0.15) is 35.4 Å². The Bertz CT molecular complexity index is 747. The number of aryl methyl sites for hydroxylation is 1. The highest BCUT2D eigenvalue weighted by Gasteiger charge is 2.20.